The molecular weight excluding hydrogens is 437 g/mol. The Hall–Kier alpha value is -1.19. The smallest absolute Gasteiger partial charge is 0.238 e. The quantitative estimate of drug-likeness (QED) is 0.455. The Balaban J connectivity index is 2.39. The molecule has 0 bridgehead atoms. The van der Waals surface area contributed by atoms with Crippen LogP contribution in [0.15, 0.2) is 36.7 Å². The number of aromatic nitrogens is 3. The van der Waals surface area contributed by atoms with Crippen molar-refractivity contribution in [2.24, 2.45) is 0 Å². The first kappa shape index (κ1) is 15.7. The lowest BCUT2D eigenvalue weighted by molar-refractivity contribution is 0.590. The van der Waals surface area contributed by atoms with Gasteiger partial charge in [-0.1, -0.05) is 18.2 Å². The van der Waals surface area contributed by atoms with E-state index in [1.54, 1.807) is 25.4 Å². The van der Waals surface area contributed by atoms with E-state index in [1.807, 2.05) is 18.2 Å². The predicted octanol–water partition coefficient (Wildman–Crippen LogP) is 3.55. The van der Waals surface area contributed by atoms with Crippen molar-refractivity contribution in [3.63, 3.8) is 0 Å². The number of hydrogen-bond donors (Lipinski definition) is 0. The van der Waals surface area contributed by atoms with E-state index in [9.17, 15) is 8.42 Å². The van der Waals surface area contributed by atoms with Crippen LogP contribution in [0, 0.1) is 3.57 Å². The topological polar surface area (TPSA) is 64.8 Å². The summed E-state index contributed by atoms with van der Waals surface area (Å²) in [5.74, 6) is 0.0206. The molecule has 0 aliphatic carbocycles. The van der Waals surface area contributed by atoms with Gasteiger partial charge in [0, 0.05) is 23.3 Å². The van der Waals surface area contributed by atoms with Crippen LogP contribution in [0.2, 0.25) is 5.28 Å². The van der Waals surface area contributed by atoms with Gasteiger partial charge in [0.05, 0.1) is 20.5 Å². The molecule has 3 aromatic rings. The van der Waals surface area contributed by atoms with Crippen LogP contribution >= 0.6 is 34.2 Å². The number of benzene rings is 1. The molecule has 0 saturated heterocycles. The SMILES string of the molecule is CCS(=O)(=O)n1cc(-c2nc(Cl)ncc2I)c2ccccc21. The van der Waals surface area contributed by atoms with Gasteiger partial charge >= 0.3 is 0 Å². The zero-order valence-electron chi connectivity index (χ0n) is 11.5. The molecule has 0 saturated carbocycles. The number of hydrogen-bond acceptors (Lipinski definition) is 4. The summed E-state index contributed by atoms with van der Waals surface area (Å²) in [7, 11) is -3.40. The van der Waals surface area contributed by atoms with Crippen molar-refractivity contribution in [2.45, 2.75) is 6.92 Å². The number of nitrogens with zero attached hydrogens (tertiary/aromatic N) is 3. The molecule has 2 heterocycles. The molecule has 5 nitrogen and oxygen atoms in total. The minimum Gasteiger partial charge on any atom is -0.244 e. The van der Waals surface area contributed by atoms with E-state index >= 15 is 0 Å². The largest absolute Gasteiger partial charge is 0.244 e. The number of halogens is 2. The molecule has 8 heteroatoms. The summed E-state index contributed by atoms with van der Waals surface area (Å²) in [5.41, 5.74) is 1.98. The minimum absolute atomic E-state index is 0.0206. The predicted molar refractivity (Wildman–Crippen MR) is 95.5 cm³/mol. The first-order valence-electron chi connectivity index (χ1n) is 6.46. The van der Waals surface area contributed by atoms with Crippen molar-refractivity contribution in [2.75, 3.05) is 5.75 Å². The Morgan fingerprint density at radius 3 is 2.77 bits per heavy atom. The third-order valence-electron chi connectivity index (χ3n) is 3.31. The standard InChI is InChI=1S/C14H11ClIN3O2S/c1-2-22(20,21)19-8-10(9-5-3-4-6-12(9)19)13-11(16)7-17-14(15)18-13/h3-8H,2H2,1H3. The Kier molecular flexibility index (Phi) is 4.13. The molecule has 3 rings (SSSR count). The molecular formula is C14H11ClIN3O2S. The van der Waals surface area contributed by atoms with Crippen LogP contribution in [-0.2, 0) is 10.0 Å². The Morgan fingerprint density at radius 1 is 1.32 bits per heavy atom. The molecule has 0 amide bonds. The fourth-order valence-corrected chi connectivity index (χ4v) is 3.93. The first-order valence-corrected chi connectivity index (χ1v) is 9.52. The Labute approximate surface area is 146 Å². The minimum atomic E-state index is -3.40. The highest BCUT2D eigenvalue weighted by atomic mass is 127. The van der Waals surface area contributed by atoms with Crippen molar-refractivity contribution in [3.8, 4) is 11.3 Å². The summed E-state index contributed by atoms with van der Waals surface area (Å²) in [6.45, 7) is 1.62. The van der Waals surface area contributed by atoms with E-state index in [-0.39, 0.29) is 11.0 Å². The van der Waals surface area contributed by atoms with Crippen LogP contribution in [0.25, 0.3) is 22.2 Å². The number of fused-ring (bicyclic) bond motifs is 1. The van der Waals surface area contributed by atoms with Gasteiger partial charge in [0.1, 0.15) is 0 Å². The van der Waals surface area contributed by atoms with E-state index in [2.05, 4.69) is 32.6 Å². The molecule has 0 spiro atoms. The summed E-state index contributed by atoms with van der Waals surface area (Å²) in [5, 5.41) is 0.942. The highest BCUT2D eigenvalue weighted by Crippen LogP contribution is 2.33. The molecule has 22 heavy (non-hydrogen) atoms. The van der Waals surface area contributed by atoms with Crippen molar-refractivity contribution >= 4 is 55.1 Å². The van der Waals surface area contributed by atoms with Crippen LogP contribution in [0.1, 0.15) is 6.92 Å². The molecule has 0 fully saturated rings. The molecule has 1 aromatic carbocycles. The summed E-state index contributed by atoms with van der Waals surface area (Å²) < 4.78 is 26.7. The van der Waals surface area contributed by atoms with Crippen molar-refractivity contribution in [1.29, 1.82) is 0 Å². The lowest BCUT2D eigenvalue weighted by Gasteiger charge is -2.03. The van der Waals surface area contributed by atoms with Gasteiger partial charge in [-0.2, -0.15) is 0 Å². The van der Waals surface area contributed by atoms with Crippen LogP contribution in [-0.4, -0.2) is 28.1 Å². The van der Waals surface area contributed by atoms with Gasteiger partial charge in [-0.05, 0) is 47.2 Å². The van der Waals surface area contributed by atoms with E-state index < -0.39 is 10.0 Å². The molecule has 0 unspecified atom stereocenters. The Morgan fingerprint density at radius 2 is 2.05 bits per heavy atom. The van der Waals surface area contributed by atoms with E-state index in [1.165, 1.54) is 3.97 Å². The summed E-state index contributed by atoms with van der Waals surface area (Å²) >= 11 is 8.00. The van der Waals surface area contributed by atoms with Crippen LogP contribution in [0.3, 0.4) is 0 Å². The second-order valence-corrected chi connectivity index (χ2v) is 8.23. The molecule has 2 aromatic heterocycles. The lowest BCUT2D eigenvalue weighted by atomic mass is 10.1. The second-order valence-electron chi connectivity index (χ2n) is 4.59. The van der Waals surface area contributed by atoms with Gasteiger partial charge in [0.15, 0.2) is 0 Å². The number of para-hydroxylation sites is 1. The fraction of sp³-hybridized carbons (Fsp3) is 0.143. The Bertz CT molecular complexity index is 969. The zero-order valence-corrected chi connectivity index (χ0v) is 15.2. The van der Waals surface area contributed by atoms with Crippen molar-refractivity contribution in [1.82, 2.24) is 13.9 Å². The van der Waals surface area contributed by atoms with Gasteiger partial charge < -0.3 is 0 Å². The third kappa shape index (κ3) is 2.61. The van der Waals surface area contributed by atoms with Crippen LogP contribution in [0.5, 0.6) is 0 Å². The summed E-state index contributed by atoms with van der Waals surface area (Å²) in [4.78, 5) is 8.19. The zero-order chi connectivity index (χ0) is 15.9. The average molecular weight is 448 g/mol. The maximum atomic E-state index is 12.3. The average Bonchev–Trinajstić information content (AvgIpc) is 2.90. The van der Waals surface area contributed by atoms with Crippen LogP contribution < -0.4 is 0 Å². The maximum absolute atomic E-state index is 12.3. The van der Waals surface area contributed by atoms with Crippen molar-refractivity contribution in [3.05, 3.63) is 45.5 Å². The first-order chi connectivity index (χ1) is 10.4. The van der Waals surface area contributed by atoms with Crippen LogP contribution in [0.4, 0.5) is 0 Å². The maximum Gasteiger partial charge on any atom is 0.238 e. The molecule has 0 atom stereocenters. The molecule has 114 valence electrons. The monoisotopic (exact) mass is 447 g/mol. The van der Waals surface area contributed by atoms with Gasteiger partial charge in [0.2, 0.25) is 15.3 Å². The van der Waals surface area contributed by atoms with Gasteiger partial charge in [-0.25, -0.2) is 22.4 Å². The highest BCUT2D eigenvalue weighted by Gasteiger charge is 2.20. The second kappa shape index (κ2) is 5.78. The molecule has 0 radical (unpaired) electrons. The normalized spacial score (nSPS) is 12.0. The van der Waals surface area contributed by atoms with E-state index in [0.717, 1.165) is 14.5 Å². The molecule has 0 aliphatic rings. The highest BCUT2D eigenvalue weighted by molar-refractivity contribution is 14.1. The van der Waals surface area contributed by atoms with Crippen molar-refractivity contribution < 1.29 is 8.42 Å². The van der Waals surface area contributed by atoms with Gasteiger partial charge in [-0.3, -0.25) is 0 Å². The summed E-state index contributed by atoms with van der Waals surface area (Å²) in [6, 6.07) is 7.33. The fourth-order valence-electron chi connectivity index (χ4n) is 2.24. The summed E-state index contributed by atoms with van der Waals surface area (Å²) in [6.07, 6.45) is 3.22. The van der Waals surface area contributed by atoms with E-state index in [4.69, 9.17) is 11.6 Å². The van der Waals surface area contributed by atoms with Gasteiger partial charge in [-0.15, -0.1) is 0 Å². The molecule has 0 N–H and O–H groups in total. The number of rotatable bonds is 3. The third-order valence-corrected chi connectivity index (χ3v) is 5.91. The van der Waals surface area contributed by atoms with Gasteiger partial charge in [0.25, 0.3) is 0 Å². The molecule has 0 aliphatic heterocycles. The van der Waals surface area contributed by atoms with E-state index in [0.29, 0.717) is 11.2 Å². The lowest BCUT2D eigenvalue weighted by Crippen LogP contribution is -2.13.